The molecule has 1 amide bonds. The van der Waals surface area contributed by atoms with Crippen molar-refractivity contribution in [2.75, 3.05) is 5.32 Å². The van der Waals surface area contributed by atoms with E-state index >= 15 is 0 Å². The number of benzene rings is 2. The summed E-state index contributed by atoms with van der Waals surface area (Å²) < 4.78 is 31.3. The standard InChI is InChI=1S/C16H14F2N2O4/c1-9-3-6-15(14(7-9)20(22)23)24-10(2)16(21)19-11-4-5-12(17)13(18)8-11/h3-8,10H,1-2H3,(H,19,21). The van der Waals surface area contributed by atoms with Crippen molar-refractivity contribution in [1.82, 2.24) is 0 Å². The third-order valence-electron chi connectivity index (χ3n) is 3.17. The molecule has 0 radical (unpaired) electrons. The van der Waals surface area contributed by atoms with Gasteiger partial charge < -0.3 is 10.1 Å². The minimum Gasteiger partial charge on any atom is -0.474 e. The smallest absolute Gasteiger partial charge is 0.311 e. The van der Waals surface area contributed by atoms with Crippen molar-refractivity contribution in [3.8, 4) is 5.75 Å². The van der Waals surface area contributed by atoms with E-state index in [1.165, 1.54) is 25.1 Å². The molecule has 0 bridgehead atoms. The first kappa shape index (κ1) is 17.3. The SMILES string of the molecule is Cc1ccc(OC(C)C(=O)Nc2ccc(F)c(F)c2)c([N+](=O)[O-])c1. The molecule has 126 valence electrons. The fourth-order valence-electron chi connectivity index (χ4n) is 1.93. The summed E-state index contributed by atoms with van der Waals surface area (Å²) in [5.41, 5.74) is 0.461. The minimum absolute atomic E-state index is 0.0488. The quantitative estimate of drug-likeness (QED) is 0.668. The second-order valence-electron chi connectivity index (χ2n) is 5.11. The molecule has 24 heavy (non-hydrogen) atoms. The summed E-state index contributed by atoms with van der Waals surface area (Å²) >= 11 is 0. The van der Waals surface area contributed by atoms with Gasteiger partial charge in [0.05, 0.1) is 4.92 Å². The van der Waals surface area contributed by atoms with E-state index in [1.807, 2.05) is 0 Å². The van der Waals surface area contributed by atoms with Crippen LogP contribution in [0.25, 0.3) is 0 Å². The summed E-state index contributed by atoms with van der Waals surface area (Å²) in [5.74, 6) is -2.85. The largest absolute Gasteiger partial charge is 0.474 e. The number of anilines is 1. The highest BCUT2D eigenvalue weighted by Gasteiger charge is 2.21. The molecule has 1 atom stereocenters. The number of carbonyl (C=O) groups excluding carboxylic acids is 1. The van der Waals surface area contributed by atoms with Crippen LogP contribution in [0.4, 0.5) is 20.2 Å². The van der Waals surface area contributed by atoms with E-state index in [0.717, 1.165) is 12.1 Å². The molecule has 0 heterocycles. The lowest BCUT2D eigenvalue weighted by Crippen LogP contribution is -2.30. The molecule has 8 heteroatoms. The summed E-state index contributed by atoms with van der Waals surface area (Å²) in [6, 6.07) is 7.24. The average Bonchev–Trinajstić information content (AvgIpc) is 2.52. The molecule has 0 fully saturated rings. The number of nitro benzene ring substituents is 1. The Balaban J connectivity index is 2.11. The highest BCUT2D eigenvalue weighted by molar-refractivity contribution is 5.94. The Morgan fingerprint density at radius 2 is 1.92 bits per heavy atom. The van der Waals surface area contributed by atoms with Crippen LogP contribution in [-0.4, -0.2) is 16.9 Å². The van der Waals surface area contributed by atoms with Crippen LogP contribution in [0.1, 0.15) is 12.5 Å². The van der Waals surface area contributed by atoms with Gasteiger partial charge in [-0.05, 0) is 37.6 Å². The maximum Gasteiger partial charge on any atom is 0.311 e. The van der Waals surface area contributed by atoms with Crippen molar-refractivity contribution in [2.45, 2.75) is 20.0 Å². The molecule has 2 aromatic rings. The topological polar surface area (TPSA) is 81.5 Å². The Bertz CT molecular complexity index is 796. The number of nitrogens with one attached hydrogen (secondary N) is 1. The van der Waals surface area contributed by atoms with Crippen LogP contribution in [0.15, 0.2) is 36.4 Å². The van der Waals surface area contributed by atoms with Gasteiger partial charge in [-0.1, -0.05) is 6.07 Å². The number of hydrogen-bond donors (Lipinski definition) is 1. The molecule has 0 aliphatic rings. The van der Waals surface area contributed by atoms with E-state index in [1.54, 1.807) is 13.0 Å². The lowest BCUT2D eigenvalue weighted by atomic mass is 10.2. The maximum absolute atomic E-state index is 13.1. The zero-order chi connectivity index (χ0) is 17.9. The van der Waals surface area contributed by atoms with Crippen LogP contribution in [0.3, 0.4) is 0 Å². The van der Waals surface area contributed by atoms with E-state index in [4.69, 9.17) is 4.74 Å². The molecular weight excluding hydrogens is 322 g/mol. The average molecular weight is 336 g/mol. The number of nitrogens with zero attached hydrogens (tertiary/aromatic N) is 1. The summed E-state index contributed by atoms with van der Waals surface area (Å²) in [6.45, 7) is 3.08. The van der Waals surface area contributed by atoms with Crippen LogP contribution in [0, 0.1) is 28.7 Å². The van der Waals surface area contributed by atoms with Crippen LogP contribution in [0.2, 0.25) is 0 Å². The highest BCUT2D eigenvalue weighted by Crippen LogP contribution is 2.28. The number of nitro groups is 1. The van der Waals surface area contributed by atoms with Crippen molar-refractivity contribution in [1.29, 1.82) is 0 Å². The van der Waals surface area contributed by atoms with Gasteiger partial charge in [-0.25, -0.2) is 8.78 Å². The Morgan fingerprint density at radius 3 is 2.54 bits per heavy atom. The van der Waals surface area contributed by atoms with Crippen LogP contribution in [-0.2, 0) is 4.79 Å². The molecule has 0 aliphatic heterocycles. The molecule has 0 saturated heterocycles. The number of hydrogen-bond acceptors (Lipinski definition) is 4. The molecule has 1 N–H and O–H groups in total. The Morgan fingerprint density at radius 1 is 1.21 bits per heavy atom. The van der Waals surface area contributed by atoms with Gasteiger partial charge in [0.1, 0.15) is 0 Å². The second-order valence-corrected chi connectivity index (χ2v) is 5.11. The maximum atomic E-state index is 13.1. The molecule has 0 saturated carbocycles. The third-order valence-corrected chi connectivity index (χ3v) is 3.17. The Labute approximate surface area is 136 Å². The second kappa shape index (κ2) is 7.03. The number of halogens is 2. The first-order valence-electron chi connectivity index (χ1n) is 6.95. The number of carbonyl (C=O) groups is 1. The molecule has 0 aromatic heterocycles. The van der Waals surface area contributed by atoms with Crippen molar-refractivity contribution < 1.29 is 23.2 Å². The zero-order valence-electron chi connectivity index (χ0n) is 12.9. The summed E-state index contributed by atoms with van der Waals surface area (Å²) in [5, 5.41) is 13.4. The molecule has 2 aromatic carbocycles. The van der Waals surface area contributed by atoms with Gasteiger partial charge >= 0.3 is 5.69 Å². The van der Waals surface area contributed by atoms with Gasteiger partial charge in [0.2, 0.25) is 0 Å². The van der Waals surface area contributed by atoms with Gasteiger partial charge in [-0.3, -0.25) is 14.9 Å². The van der Waals surface area contributed by atoms with Crippen molar-refractivity contribution in [3.05, 3.63) is 63.7 Å². The lowest BCUT2D eigenvalue weighted by molar-refractivity contribution is -0.386. The highest BCUT2D eigenvalue weighted by atomic mass is 19.2. The van der Waals surface area contributed by atoms with Crippen molar-refractivity contribution in [3.63, 3.8) is 0 Å². The zero-order valence-corrected chi connectivity index (χ0v) is 12.9. The van der Waals surface area contributed by atoms with Gasteiger partial charge in [0.15, 0.2) is 23.5 Å². The monoisotopic (exact) mass is 336 g/mol. The van der Waals surface area contributed by atoms with Gasteiger partial charge in [0, 0.05) is 17.8 Å². The van der Waals surface area contributed by atoms with E-state index in [2.05, 4.69) is 5.32 Å². The van der Waals surface area contributed by atoms with Crippen molar-refractivity contribution >= 4 is 17.3 Å². The van der Waals surface area contributed by atoms with Gasteiger partial charge in [-0.2, -0.15) is 0 Å². The molecule has 1 unspecified atom stereocenters. The Hall–Kier alpha value is -3.03. The third kappa shape index (κ3) is 4.03. The van der Waals surface area contributed by atoms with E-state index in [0.29, 0.717) is 5.56 Å². The minimum atomic E-state index is -1.10. The number of amides is 1. The molecular formula is C16H14F2N2O4. The van der Waals surface area contributed by atoms with Gasteiger partial charge in [0.25, 0.3) is 5.91 Å². The number of rotatable bonds is 5. The Kier molecular flexibility index (Phi) is 5.08. The lowest BCUT2D eigenvalue weighted by Gasteiger charge is -2.15. The summed E-state index contributed by atoms with van der Waals surface area (Å²) in [6.07, 6.45) is -1.08. The van der Waals surface area contributed by atoms with E-state index in [9.17, 15) is 23.7 Å². The van der Waals surface area contributed by atoms with E-state index in [-0.39, 0.29) is 17.1 Å². The number of ether oxygens (including phenoxy) is 1. The van der Waals surface area contributed by atoms with Crippen LogP contribution >= 0.6 is 0 Å². The molecule has 2 rings (SSSR count). The van der Waals surface area contributed by atoms with Crippen LogP contribution in [0.5, 0.6) is 5.75 Å². The number of aryl methyl sites for hydroxylation is 1. The molecule has 0 aliphatic carbocycles. The van der Waals surface area contributed by atoms with Crippen LogP contribution < -0.4 is 10.1 Å². The van der Waals surface area contributed by atoms with Gasteiger partial charge in [-0.15, -0.1) is 0 Å². The predicted octanol–water partition coefficient (Wildman–Crippen LogP) is 3.59. The molecule has 0 spiro atoms. The fourth-order valence-corrected chi connectivity index (χ4v) is 1.93. The summed E-state index contributed by atoms with van der Waals surface area (Å²) in [7, 11) is 0. The summed E-state index contributed by atoms with van der Waals surface area (Å²) in [4.78, 5) is 22.5. The fraction of sp³-hybridized carbons (Fsp3) is 0.188. The molecule has 6 nitrogen and oxygen atoms in total. The van der Waals surface area contributed by atoms with E-state index < -0.39 is 28.6 Å². The normalized spacial score (nSPS) is 11.7. The van der Waals surface area contributed by atoms with Crippen molar-refractivity contribution in [2.24, 2.45) is 0 Å². The first-order valence-corrected chi connectivity index (χ1v) is 6.95. The predicted molar refractivity (Wildman–Crippen MR) is 82.9 cm³/mol. The first-order chi connectivity index (χ1) is 11.3.